The maximum atomic E-state index is 13.1. The summed E-state index contributed by atoms with van der Waals surface area (Å²) in [7, 11) is 0. The summed E-state index contributed by atoms with van der Waals surface area (Å²) in [5, 5.41) is 4.27. The molecule has 0 saturated carbocycles. The van der Waals surface area contributed by atoms with Crippen molar-refractivity contribution in [3.63, 3.8) is 0 Å². The first kappa shape index (κ1) is 14.8. The fraction of sp³-hybridized carbons (Fsp3) is 0.125. The molecule has 0 saturated heterocycles. The Labute approximate surface area is 131 Å². The lowest BCUT2D eigenvalue weighted by Crippen LogP contribution is -2.07. The Bertz CT molecular complexity index is 816. The van der Waals surface area contributed by atoms with Crippen molar-refractivity contribution in [3.05, 3.63) is 60.4 Å². The van der Waals surface area contributed by atoms with E-state index in [2.05, 4.69) is 15.1 Å². The van der Waals surface area contributed by atoms with Gasteiger partial charge in [0.2, 0.25) is 0 Å². The molecule has 0 amide bonds. The molecule has 3 rings (SSSR count). The lowest BCUT2D eigenvalue weighted by molar-refractivity contribution is 0.0519. The van der Waals surface area contributed by atoms with E-state index < -0.39 is 11.8 Å². The van der Waals surface area contributed by atoms with Crippen LogP contribution in [0.2, 0.25) is 0 Å². The van der Waals surface area contributed by atoms with Gasteiger partial charge < -0.3 is 4.74 Å². The van der Waals surface area contributed by atoms with Gasteiger partial charge in [-0.15, -0.1) is 0 Å². The van der Waals surface area contributed by atoms with Crippen molar-refractivity contribution in [1.29, 1.82) is 0 Å². The van der Waals surface area contributed by atoms with Gasteiger partial charge in [-0.25, -0.2) is 13.9 Å². The van der Waals surface area contributed by atoms with Gasteiger partial charge in [0.05, 0.1) is 36.1 Å². The fourth-order valence-electron chi connectivity index (χ4n) is 2.07. The Morgan fingerprint density at radius 2 is 2.17 bits per heavy atom. The van der Waals surface area contributed by atoms with E-state index in [1.165, 1.54) is 16.8 Å². The second-order valence-electron chi connectivity index (χ2n) is 4.62. The molecule has 0 spiro atoms. The summed E-state index contributed by atoms with van der Waals surface area (Å²) in [6, 6.07) is 7.93. The van der Waals surface area contributed by atoms with Gasteiger partial charge in [-0.2, -0.15) is 5.10 Å². The molecule has 0 aliphatic rings. The van der Waals surface area contributed by atoms with Crippen molar-refractivity contribution in [3.8, 4) is 17.1 Å². The second kappa shape index (κ2) is 6.35. The van der Waals surface area contributed by atoms with Crippen LogP contribution < -0.4 is 0 Å². The number of hydrogen-bond donors (Lipinski definition) is 0. The standard InChI is InChI=1S/C16H13FN4O2/c1-2-23-16(22)14-8-15(13-6-5-11(17)9-19-13)21(20-14)12-4-3-7-18-10-12/h3-10H,2H2,1H3. The zero-order chi connectivity index (χ0) is 16.2. The zero-order valence-electron chi connectivity index (χ0n) is 12.3. The number of halogens is 1. The fourth-order valence-corrected chi connectivity index (χ4v) is 2.07. The van der Waals surface area contributed by atoms with E-state index >= 15 is 0 Å². The molecule has 3 aromatic rings. The van der Waals surface area contributed by atoms with Gasteiger partial charge in [0.15, 0.2) is 5.69 Å². The molecular weight excluding hydrogens is 299 g/mol. The number of ether oxygens (including phenoxy) is 1. The summed E-state index contributed by atoms with van der Waals surface area (Å²) >= 11 is 0. The van der Waals surface area contributed by atoms with Crippen molar-refractivity contribution < 1.29 is 13.9 Å². The Kier molecular flexibility index (Phi) is 4.09. The summed E-state index contributed by atoms with van der Waals surface area (Å²) in [6.07, 6.45) is 4.35. The molecule has 116 valence electrons. The van der Waals surface area contributed by atoms with E-state index in [4.69, 9.17) is 4.74 Å². The summed E-state index contributed by atoms with van der Waals surface area (Å²) in [4.78, 5) is 20.0. The van der Waals surface area contributed by atoms with Crippen LogP contribution in [0.25, 0.3) is 17.1 Å². The molecule has 7 heteroatoms. The molecule has 0 N–H and O–H groups in total. The summed E-state index contributed by atoms with van der Waals surface area (Å²) in [5.41, 5.74) is 1.83. The van der Waals surface area contributed by atoms with Gasteiger partial charge in [0.1, 0.15) is 5.82 Å². The van der Waals surface area contributed by atoms with Crippen LogP contribution >= 0.6 is 0 Å². The van der Waals surface area contributed by atoms with Gasteiger partial charge in [-0.05, 0) is 31.2 Å². The van der Waals surface area contributed by atoms with Crippen molar-refractivity contribution in [2.75, 3.05) is 6.61 Å². The lowest BCUT2D eigenvalue weighted by Gasteiger charge is -2.06. The highest BCUT2D eigenvalue weighted by molar-refractivity contribution is 5.88. The summed E-state index contributed by atoms with van der Waals surface area (Å²) in [5.74, 6) is -0.967. The minimum atomic E-state index is -0.529. The number of hydrogen-bond acceptors (Lipinski definition) is 5. The van der Waals surface area contributed by atoms with E-state index in [1.54, 1.807) is 37.5 Å². The average molecular weight is 312 g/mol. The van der Waals surface area contributed by atoms with Crippen LogP contribution in [-0.2, 0) is 4.74 Å². The predicted molar refractivity (Wildman–Crippen MR) is 80.5 cm³/mol. The molecule has 0 aliphatic heterocycles. The summed E-state index contributed by atoms with van der Waals surface area (Å²) in [6.45, 7) is 1.97. The maximum absolute atomic E-state index is 13.1. The number of nitrogens with zero attached hydrogens (tertiary/aromatic N) is 4. The molecular formula is C16H13FN4O2. The Balaban J connectivity index is 2.12. The van der Waals surface area contributed by atoms with Crippen LogP contribution in [0.15, 0.2) is 48.9 Å². The third kappa shape index (κ3) is 3.08. The molecule has 3 heterocycles. The number of carbonyl (C=O) groups is 1. The second-order valence-corrected chi connectivity index (χ2v) is 4.62. The van der Waals surface area contributed by atoms with E-state index in [9.17, 15) is 9.18 Å². The smallest absolute Gasteiger partial charge is 0.358 e. The predicted octanol–water partition coefficient (Wildman–Crippen LogP) is 2.65. The van der Waals surface area contributed by atoms with Crippen LogP contribution in [0.3, 0.4) is 0 Å². The maximum Gasteiger partial charge on any atom is 0.358 e. The van der Waals surface area contributed by atoms with Gasteiger partial charge >= 0.3 is 5.97 Å². The molecule has 23 heavy (non-hydrogen) atoms. The topological polar surface area (TPSA) is 69.9 Å². The van der Waals surface area contributed by atoms with E-state index in [1.807, 2.05) is 0 Å². The molecule has 0 unspecified atom stereocenters. The first-order chi connectivity index (χ1) is 11.2. The quantitative estimate of drug-likeness (QED) is 0.693. The van der Waals surface area contributed by atoms with Crippen LogP contribution in [-0.4, -0.2) is 32.3 Å². The van der Waals surface area contributed by atoms with Crippen molar-refractivity contribution >= 4 is 5.97 Å². The van der Waals surface area contributed by atoms with Crippen molar-refractivity contribution in [2.45, 2.75) is 6.92 Å². The molecule has 0 aliphatic carbocycles. The largest absolute Gasteiger partial charge is 0.461 e. The molecule has 0 atom stereocenters. The van der Waals surface area contributed by atoms with Gasteiger partial charge in [-0.1, -0.05) is 0 Å². The third-order valence-corrected chi connectivity index (χ3v) is 3.07. The lowest BCUT2D eigenvalue weighted by atomic mass is 10.2. The number of rotatable bonds is 4. The Hall–Kier alpha value is -3.09. The highest BCUT2D eigenvalue weighted by Crippen LogP contribution is 2.22. The number of pyridine rings is 2. The van der Waals surface area contributed by atoms with E-state index in [0.29, 0.717) is 17.1 Å². The van der Waals surface area contributed by atoms with Gasteiger partial charge in [0, 0.05) is 12.3 Å². The Morgan fingerprint density at radius 1 is 1.30 bits per heavy atom. The van der Waals surface area contributed by atoms with Crippen LogP contribution in [0.5, 0.6) is 0 Å². The highest BCUT2D eigenvalue weighted by Gasteiger charge is 2.18. The first-order valence-electron chi connectivity index (χ1n) is 6.98. The Morgan fingerprint density at radius 3 is 2.83 bits per heavy atom. The van der Waals surface area contributed by atoms with Crippen molar-refractivity contribution in [1.82, 2.24) is 19.7 Å². The molecule has 0 fully saturated rings. The third-order valence-electron chi connectivity index (χ3n) is 3.07. The number of aromatic nitrogens is 4. The van der Waals surface area contributed by atoms with Gasteiger partial charge in [0.25, 0.3) is 0 Å². The average Bonchev–Trinajstić information content (AvgIpc) is 3.02. The molecule has 0 aromatic carbocycles. The van der Waals surface area contributed by atoms with Crippen LogP contribution in [0.4, 0.5) is 4.39 Å². The van der Waals surface area contributed by atoms with Crippen LogP contribution in [0.1, 0.15) is 17.4 Å². The molecule has 6 nitrogen and oxygen atoms in total. The van der Waals surface area contributed by atoms with E-state index in [0.717, 1.165) is 6.20 Å². The van der Waals surface area contributed by atoms with Crippen molar-refractivity contribution in [2.24, 2.45) is 0 Å². The zero-order valence-corrected chi connectivity index (χ0v) is 12.3. The van der Waals surface area contributed by atoms with Crippen LogP contribution in [0, 0.1) is 5.82 Å². The minimum absolute atomic E-state index is 0.150. The number of esters is 1. The van der Waals surface area contributed by atoms with Gasteiger partial charge in [-0.3, -0.25) is 9.97 Å². The normalized spacial score (nSPS) is 10.5. The highest BCUT2D eigenvalue weighted by atomic mass is 19.1. The molecule has 0 radical (unpaired) electrons. The first-order valence-corrected chi connectivity index (χ1v) is 6.98. The molecule has 0 bridgehead atoms. The SMILES string of the molecule is CCOC(=O)c1cc(-c2ccc(F)cn2)n(-c2cccnc2)n1. The summed E-state index contributed by atoms with van der Waals surface area (Å²) < 4.78 is 19.6. The van der Waals surface area contributed by atoms with E-state index in [-0.39, 0.29) is 12.3 Å². The minimum Gasteiger partial charge on any atom is -0.461 e. The number of carbonyl (C=O) groups excluding carboxylic acids is 1. The monoisotopic (exact) mass is 312 g/mol. The molecule has 3 aromatic heterocycles.